The first kappa shape index (κ1) is 11.5. The number of carbonyl (C=O) groups is 1. The molecule has 1 atom stereocenters. The van der Waals surface area contributed by atoms with Crippen molar-refractivity contribution in [2.75, 3.05) is 12.4 Å². The first-order valence-corrected chi connectivity index (χ1v) is 4.74. The van der Waals surface area contributed by atoms with Gasteiger partial charge in [-0.3, -0.25) is 4.79 Å². The number of hydrogen-bond acceptors (Lipinski definition) is 3. The highest BCUT2D eigenvalue weighted by molar-refractivity contribution is 5.72. The molecule has 1 aromatic carbocycles. The van der Waals surface area contributed by atoms with Gasteiger partial charge in [-0.05, 0) is 30.7 Å². The smallest absolute Gasteiger partial charge is 0.147 e. The van der Waals surface area contributed by atoms with Crippen LogP contribution in [-0.2, 0) is 9.53 Å². The Balaban J connectivity index is 2.66. The van der Waals surface area contributed by atoms with E-state index in [9.17, 15) is 4.79 Å². The van der Waals surface area contributed by atoms with Crippen LogP contribution in [0.1, 0.15) is 6.92 Å². The Bertz CT molecular complexity index is 333. The van der Waals surface area contributed by atoms with Gasteiger partial charge >= 0.3 is 0 Å². The maximum Gasteiger partial charge on any atom is 0.147 e. The van der Waals surface area contributed by atoms with Gasteiger partial charge in [-0.2, -0.15) is 0 Å². The number of anilines is 1. The lowest BCUT2D eigenvalue weighted by Gasteiger charge is -2.14. The molecule has 1 N–H and O–H groups in total. The minimum absolute atomic E-state index is 0.280. The van der Waals surface area contributed by atoms with Crippen molar-refractivity contribution in [3.63, 3.8) is 0 Å². The average Bonchev–Trinajstić information content (AvgIpc) is 2.29. The molecule has 0 saturated heterocycles. The Morgan fingerprint density at radius 2 is 2.07 bits per heavy atom. The first-order valence-electron chi connectivity index (χ1n) is 4.74. The third-order valence-electron chi connectivity index (χ3n) is 1.94. The molecule has 15 heavy (non-hydrogen) atoms. The van der Waals surface area contributed by atoms with Gasteiger partial charge in [0.1, 0.15) is 12.5 Å². The van der Waals surface area contributed by atoms with E-state index in [1.807, 2.05) is 30.3 Å². The highest BCUT2D eigenvalue weighted by atomic mass is 16.5. The summed E-state index contributed by atoms with van der Waals surface area (Å²) >= 11 is 0. The summed E-state index contributed by atoms with van der Waals surface area (Å²) in [5, 5.41) is 3.14. The van der Waals surface area contributed by atoms with Gasteiger partial charge in [-0.25, -0.2) is 0 Å². The zero-order chi connectivity index (χ0) is 11.1. The van der Waals surface area contributed by atoms with Crippen molar-refractivity contribution in [2.45, 2.75) is 13.2 Å². The van der Waals surface area contributed by atoms with Crippen LogP contribution in [0.25, 0.3) is 0 Å². The van der Waals surface area contributed by atoms with Crippen molar-refractivity contribution in [1.82, 2.24) is 0 Å². The zero-order valence-corrected chi connectivity index (χ0v) is 8.94. The van der Waals surface area contributed by atoms with E-state index in [1.165, 1.54) is 0 Å². The standard InChI is InChI=1S/C12H15NO2/c1-10(9-14)8-12(15-2)13-11-6-4-3-5-7-11/h3-9,12-13H,1-2H3/b10-8-. The molecular weight excluding hydrogens is 190 g/mol. The third kappa shape index (κ3) is 3.95. The van der Waals surface area contributed by atoms with Crippen LogP contribution in [0.4, 0.5) is 5.69 Å². The Morgan fingerprint density at radius 1 is 1.40 bits per heavy atom. The van der Waals surface area contributed by atoms with Crippen molar-refractivity contribution in [1.29, 1.82) is 0 Å². The van der Waals surface area contributed by atoms with Gasteiger partial charge in [-0.1, -0.05) is 18.2 Å². The van der Waals surface area contributed by atoms with Gasteiger partial charge in [0, 0.05) is 12.8 Å². The minimum Gasteiger partial charge on any atom is -0.358 e. The fourth-order valence-corrected chi connectivity index (χ4v) is 1.15. The Morgan fingerprint density at radius 3 is 2.60 bits per heavy atom. The highest BCUT2D eigenvalue weighted by Crippen LogP contribution is 2.08. The monoisotopic (exact) mass is 205 g/mol. The van der Waals surface area contributed by atoms with Gasteiger partial charge in [0.15, 0.2) is 0 Å². The lowest BCUT2D eigenvalue weighted by atomic mass is 10.2. The highest BCUT2D eigenvalue weighted by Gasteiger charge is 2.02. The molecule has 0 aromatic heterocycles. The molecule has 0 aliphatic carbocycles. The van der Waals surface area contributed by atoms with Crippen molar-refractivity contribution in [3.05, 3.63) is 42.0 Å². The largest absolute Gasteiger partial charge is 0.358 e. The van der Waals surface area contributed by atoms with Crippen LogP contribution in [0.2, 0.25) is 0 Å². The molecule has 0 aliphatic heterocycles. The van der Waals surface area contributed by atoms with E-state index in [2.05, 4.69) is 5.32 Å². The normalized spacial score (nSPS) is 13.3. The van der Waals surface area contributed by atoms with E-state index in [0.29, 0.717) is 5.57 Å². The fraction of sp³-hybridized carbons (Fsp3) is 0.250. The molecule has 0 heterocycles. The van der Waals surface area contributed by atoms with E-state index in [-0.39, 0.29) is 6.23 Å². The summed E-state index contributed by atoms with van der Waals surface area (Å²) in [6.07, 6.45) is 2.26. The molecule has 0 saturated carbocycles. The van der Waals surface area contributed by atoms with Crippen LogP contribution >= 0.6 is 0 Å². The van der Waals surface area contributed by atoms with E-state index in [0.717, 1.165) is 12.0 Å². The average molecular weight is 205 g/mol. The molecule has 3 heteroatoms. The number of rotatable bonds is 5. The lowest BCUT2D eigenvalue weighted by Crippen LogP contribution is -2.19. The number of ether oxygens (including phenoxy) is 1. The summed E-state index contributed by atoms with van der Waals surface area (Å²) < 4.78 is 5.18. The zero-order valence-electron chi connectivity index (χ0n) is 8.94. The van der Waals surface area contributed by atoms with Crippen LogP contribution in [0.5, 0.6) is 0 Å². The number of carbonyl (C=O) groups excluding carboxylic acids is 1. The Kier molecular flexibility index (Phi) is 4.57. The molecule has 0 bridgehead atoms. The summed E-state index contributed by atoms with van der Waals surface area (Å²) in [5.74, 6) is 0. The molecule has 0 fully saturated rings. The Labute approximate surface area is 89.8 Å². The molecule has 1 rings (SSSR count). The molecule has 0 spiro atoms. The maximum absolute atomic E-state index is 10.5. The number of hydrogen-bond donors (Lipinski definition) is 1. The molecule has 0 radical (unpaired) electrons. The Hall–Kier alpha value is -1.61. The molecule has 0 amide bonds. The van der Waals surface area contributed by atoms with Crippen molar-refractivity contribution < 1.29 is 9.53 Å². The van der Waals surface area contributed by atoms with Crippen LogP contribution < -0.4 is 5.32 Å². The van der Waals surface area contributed by atoms with Gasteiger partial charge in [0.2, 0.25) is 0 Å². The maximum atomic E-state index is 10.5. The van der Waals surface area contributed by atoms with E-state index in [4.69, 9.17) is 4.74 Å². The molecule has 1 unspecified atom stereocenters. The predicted molar refractivity (Wildman–Crippen MR) is 60.7 cm³/mol. The van der Waals surface area contributed by atoms with E-state index in [1.54, 1.807) is 20.1 Å². The van der Waals surface area contributed by atoms with Crippen molar-refractivity contribution >= 4 is 12.0 Å². The van der Waals surface area contributed by atoms with E-state index >= 15 is 0 Å². The minimum atomic E-state index is -0.280. The first-order chi connectivity index (χ1) is 7.26. The number of benzene rings is 1. The van der Waals surface area contributed by atoms with Gasteiger partial charge in [0.25, 0.3) is 0 Å². The second-order valence-electron chi connectivity index (χ2n) is 3.20. The summed E-state index contributed by atoms with van der Waals surface area (Å²) in [7, 11) is 1.59. The van der Waals surface area contributed by atoms with Gasteiger partial charge in [-0.15, -0.1) is 0 Å². The number of allylic oxidation sites excluding steroid dienone is 1. The third-order valence-corrected chi connectivity index (χ3v) is 1.94. The summed E-state index contributed by atoms with van der Waals surface area (Å²) in [6.45, 7) is 1.74. The summed E-state index contributed by atoms with van der Waals surface area (Å²) in [5.41, 5.74) is 1.60. The van der Waals surface area contributed by atoms with Gasteiger partial charge < -0.3 is 10.1 Å². The van der Waals surface area contributed by atoms with Crippen molar-refractivity contribution in [3.8, 4) is 0 Å². The molecule has 3 nitrogen and oxygen atoms in total. The fourth-order valence-electron chi connectivity index (χ4n) is 1.15. The SMILES string of the molecule is COC(/C=C(/C)C=O)Nc1ccccc1. The number of nitrogens with one attached hydrogen (secondary N) is 1. The number of aldehydes is 1. The van der Waals surface area contributed by atoms with Crippen LogP contribution in [0.3, 0.4) is 0 Å². The van der Waals surface area contributed by atoms with Crippen molar-refractivity contribution in [2.24, 2.45) is 0 Å². The summed E-state index contributed by atoms with van der Waals surface area (Å²) in [6, 6.07) is 9.70. The predicted octanol–water partition coefficient (Wildman–Crippen LogP) is 2.22. The number of para-hydroxylation sites is 1. The molecular formula is C12H15NO2. The van der Waals surface area contributed by atoms with Crippen LogP contribution in [0, 0.1) is 0 Å². The topological polar surface area (TPSA) is 38.3 Å². The molecule has 1 aromatic rings. The van der Waals surface area contributed by atoms with E-state index < -0.39 is 0 Å². The van der Waals surface area contributed by atoms with Gasteiger partial charge in [0.05, 0.1) is 0 Å². The van der Waals surface area contributed by atoms with Crippen LogP contribution in [0.15, 0.2) is 42.0 Å². The molecule has 80 valence electrons. The summed E-state index contributed by atoms with van der Waals surface area (Å²) in [4.78, 5) is 10.5. The van der Waals surface area contributed by atoms with Crippen LogP contribution in [-0.4, -0.2) is 19.6 Å². The number of methoxy groups -OCH3 is 1. The second kappa shape index (κ2) is 5.98. The second-order valence-corrected chi connectivity index (χ2v) is 3.20. The quantitative estimate of drug-likeness (QED) is 0.455. The molecule has 0 aliphatic rings. The lowest BCUT2D eigenvalue weighted by molar-refractivity contribution is -0.104.